The normalized spacial score (nSPS) is 18.0. The van der Waals surface area contributed by atoms with Gasteiger partial charge in [0, 0.05) is 13.6 Å². The first-order chi connectivity index (χ1) is 9.06. The molecule has 0 spiro atoms. The third-order valence-electron chi connectivity index (χ3n) is 4.11. The molecule has 0 saturated heterocycles. The van der Waals surface area contributed by atoms with Crippen molar-refractivity contribution in [1.82, 2.24) is 4.90 Å². The second-order valence-electron chi connectivity index (χ2n) is 5.74. The Bertz CT molecular complexity index is 298. The van der Waals surface area contributed by atoms with Crippen LogP contribution in [0.1, 0.15) is 58.3 Å². The van der Waals surface area contributed by atoms with Crippen molar-refractivity contribution in [3.63, 3.8) is 0 Å². The Labute approximate surface area is 116 Å². The van der Waals surface area contributed by atoms with Crippen LogP contribution in [0.5, 0.6) is 0 Å². The number of aliphatic carboxylic acids is 1. The van der Waals surface area contributed by atoms with Gasteiger partial charge < -0.3 is 10.0 Å². The topological polar surface area (TPSA) is 57.6 Å². The lowest BCUT2D eigenvalue weighted by Crippen LogP contribution is -2.38. The van der Waals surface area contributed by atoms with E-state index in [1.807, 2.05) is 0 Å². The lowest BCUT2D eigenvalue weighted by atomic mass is 9.82. The zero-order valence-corrected chi connectivity index (χ0v) is 12.2. The predicted molar refractivity (Wildman–Crippen MR) is 74.9 cm³/mol. The van der Waals surface area contributed by atoms with Gasteiger partial charge in [-0.25, -0.2) is 0 Å². The molecule has 1 N–H and O–H groups in total. The maximum atomic E-state index is 12.2. The number of rotatable bonds is 7. The monoisotopic (exact) mass is 269 g/mol. The molecule has 0 aromatic rings. The first kappa shape index (κ1) is 16.0. The average molecular weight is 269 g/mol. The number of carboxylic acid groups (broad SMARTS) is 1. The molecule has 0 aromatic carbocycles. The summed E-state index contributed by atoms with van der Waals surface area (Å²) in [5.74, 6) is -1.60. The number of carbonyl (C=O) groups excluding carboxylic acids is 1. The molecular weight excluding hydrogens is 242 g/mol. The van der Waals surface area contributed by atoms with Crippen LogP contribution < -0.4 is 0 Å². The number of hydrogen-bond donors (Lipinski definition) is 1. The summed E-state index contributed by atoms with van der Waals surface area (Å²) in [4.78, 5) is 25.1. The van der Waals surface area contributed by atoms with Crippen molar-refractivity contribution in [2.24, 2.45) is 11.8 Å². The van der Waals surface area contributed by atoms with E-state index in [0.29, 0.717) is 18.9 Å². The van der Waals surface area contributed by atoms with E-state index < -0.39 is 11.9 Å². The number of unbranched alkanes of at least 4 members (excludes halogenated alkanes) is 1. The maximum Gasteiger partial charge on any atom is 0.316 e. The lowest BCUT2D eigenvalue weighted by molar-refractivity contribution is -0.151. The predicted octanol–water partition coefficient (Wildman–Crippen LogP) is 2.92. The summed E-state index contributed by atoms with van der Waals surface area (Å²) in [6.07, 6.45) is 8.22. The van der Waals surface area contributed by atoms with Gasteiger partial charge in [-0.05, 0) is 18.8 Å². The van der Waals surface area contributed by atoms with Gasteiger partial charge >= 0.3 is 5.97 Å². The van der Waals surface area contributed by atoms with E-state index in [-0.39, 0.29) is 5.91 Å². The van der Waals surface area contributed by atoms with E-state index in [0.717, 1.165) is 25.7 Å². The summed E-state index contributed by atoms with van der Waals surface area (Å²) in [6.45, 7) is 2.72. The Morgan fingerprint density at radius 2 is 1.89 bits per heavy atom. The molecule has 1 saturated carbocycles. The minimum absolute atomic E-state index is 0.216. The lowest BCUT2D eigenvalue weighted by Gasteiger charge is -2.26. The van der Waals surface area contributed by atoms with Crippen molar-refractivity contribution in [2.75, 3.05) is 13.6 Å². The standard InChI is InChI=1S/C15H27NO3/c1-3-4-10-16(2)14(17)13(15(18)19)11-12-8-6-5-7-9-12/h12-13H,3-11H2,1-2H3,(H,18,19). The second-order valence-corrected chi connectivity index (χ2v) is 5.74. The number of carboxylic acids is 1. The summed E-state index contributed by atoms with van der Waals surface area (Å²) in [5, 5.41) is 9.30. The number of amides is 1. The molecular formula is C15H27NO3. The summed E-state index contributed by atoms with van der Waals surface area (Å²) in [5.41, 5.74) is 0. The van der Waals surface area contributed by atoms with Crippen molar-refractivity contribution in [3.8, 4) is 0 Å². The minimum atomic E-state index is -0.959. The fourth-order valence-corrected chi connectivity index (χ4v) is 2.83. The van der Waals surface area contributed by atoms with Crippen molar-refractivity contribution in [3.05, 3.63) is 0 Å². The highest BCUT2D eigenvalue weighted by Gasteiger charge is 2.31. The molecule has 110 valence electrons. The molecule has 1 aliphatic carbocycles. The first-order valence-electron chi connectivity index (χ1n) is 7.54. The third kappa shape index (κ3) is 5.21. The van der Waals surface area contributed by atoms with Crippen molar-refractivity contribution in [1.29, 1.82) is 0 Å². The molecule has 4 nitrogen and oxygen atoms in total. The van der Waals surface area contributed by atoms with E-state index >= 15 is 0 Å². The molecule has 1 aliphatic rings. The molecule has 0 heterocycles. The van der Waals surface area contributed by atoms with Crippen LogP contribution in [0.25, 0.3) is 0 Å². The number of nitrogens with zero attached hydrogens (tertiary/aromatic N) is 1. The smallest absolute Gasteiger partial charge is 0.316 e. The highest BCUT2D eigenvalue weighted by molar-refractivity contribution is 5.96. The fraction of sp³-hybridized carbons (Fsp3) is 0.867. The van der Waals surface area contributed by atoms with Crippen LogP contribution in [0.4, 0.5) is 0 Å². The quantitative estimate of drug-likeness (QED) is 0.723. The van der Waals surface area contributed by atoms with Gasteiger partial charge in [-0.2, -0.15) is 0 Å². The van der Waals surface area contributed by atoms with Crippen molar-refractivity contribution in [2.45, 2.75) is 58.3 Å². The Hall–Kier alpha value is -1.06. The fourth-order valence-electron chi connectivity index (χ4n) is 2.83. The first-order valence-corrected chi connectivity index (χ1v) is 7.54. The Morgan fingerprint density at radius 3 is 2.42 bits per heavy atom. The molecule has 0 aliphatic heterocycles. The summed E-state index contributed by atoms with van der Waals surface area (Å²) >= 11 is 0. The van der Waals surface area contributed by atoms with Gasteiger partial charge in [0.05, 0.1) is 0 Å². The van der Waals surface area contributed by atoms with Gasteiger partial charge in [-0.3, -0.25) is 9.59 Å². The molecule has 1 unspecified atom stereocenters. The van der Waals surface area contributed by atoms with Gasteiger partial charge in [0.1, 0.15) is 5.92 Å². The molecule has 19 heavy (non-hydrogen) atoms. The van der Waals surface area contributed by atoms with E-state index in [2.05, 4.69) is 6.92 Å². The summed E-state index contributed by atoms with van der Waals surface area (Å²) in [6, 6.07) is 0. The maximum absolute atomic E-state index is 12.2. The van der Waals surface area contributed by atoms with E-state index in [1.54, 1.807) is 11.9 Å². The molecule has 1 atom stereocenters. The third-order valence-corrected chi connectivity index (χ3v) is 4.11. The van der Waals surface area contributed by atoms with Crippen LogP contribution in [0.2, 0.25) is 0 Å². The second kappa shape index (κ2) is 8.18. The Balaban J connectivity index is 2.55. The largest absolute Gasteiger partial charge is 0.481 e. The molecule has 1 rings (SSSR count). The van der Waals surface area contributed by atoms with Gasteiger partial charge in [-0.1, -0.05) is 45.4 Å². The van der Waals surface area contributed by atoms with Crippen molar-refractivity contribution >= 4 is 11.9 Å². The molecule has 0 radical (unpaired) electrons. The SMILES string of the molecule is CCCCN(C)C(=O)C(CC1CCCCC1)C(=O)O. The molecule has 0 bridgehead atoms. The van der Waals surface area contributed by atoms with Crippen LogP contribution in [-0.2, 0) is 9.59 Å². The average Bonchev–Trinajstić information content (AvgIpc) is 2.42. The zero-order chi connectivity index (χ0) is 14.3. The number of hydrogen-bond acceptors (Lipinski definition) is 2. The number of carbonyl (C=O) groups is 2. The van der Waals surface area contributed by atoms with Crippen LogP contribution in [-0.4, -0.2) is 35.5 Å². The minimum Gasteiger partial charge on any atom is -0.481 e. The van der Waals surface area contributed by atoms with E-state index in [4.69, 9.17) is 0 Å². The molecule has 1 amide bonds. The van der Waals surface area contributed by atoms with Crippen LogP contribution in [0, 0.1) is 11.8 Å². The molecule has 4 heteroatoms. The van der Waals surface area contributed by atoms with Crippen LogP contribution in [0.3, 0.4) is 0 Å². The van der Waals surface area contributed by atoms with Gasteiger partial charge in [-0.15, -0.1) is 0 Å². The Kier molecular flexibility index (Phi) is 6.89. The van der Waals surface area contributed by atoms with Crippen LogP contribution >= 0.6 is 0 Å². The molecule has 0 aromatic heterocycles. The van der Waals surface area contributed by atoms with Crippen molar-refractivity contribution < 1.29 is 14.7 Å². The highest BCUT2D eigenvalue weighted by Crippen LogP contribution is 2.29. The highest BCUT2D eigenvalue weighted by atomic mass is 16.4. The van der Waals surface area contributed by atoms with E-state index in [9.17, 15) is 14.7 Å². The van der Waals surface area contributed by atoms with Gasteiger partial charge in [0.15, 0.2) is 0 Å². The summed E-state index contributed by atoms with van der Waals surface area (Å²) in [7, 11) is 1.72. The summed E-state index contributed by atoms with van der Waals surface area (Å²) < 4.78 is 0. The van der Waals surface area contributed by atoms with Gasteiger partial charge in [0.2, 0.25) is 5.91 Å². The van der Waals surface area contributed by atoms with E-state index in [1.165, 1.54) is 19.3 Å². The van der Waals surface area contributed by atoms with Crippen LogP contribution in [0.15, 0.2) is 0 Å². The van der Waals surface area contributed by atoms with Gasteiger partial charge in [0.25, 0.3) is 0 Å². The molecule has 1 fully saturated rings. The Morgan fingerprint density at radius 1 is 1.26 bits per heavy atom. The zero-order valence-electron chi connectivity index (χ0n) is 12.2.